The Hall–Kier alpha value is -2.50. The van der Waals surface area contributed by atoms with Crippen molar-refractivity contribution in [2.75, 3.05) is 0 Å². The Bertz CT molecular complexity index is 622. The van der Waals surface area contributed by atoms with E-state index in [2.05, 4.69) is 10.6 Å². The number of Topliss-reactive ketones (excluding diaryl/α,β-unsaturated/α-hetero) is 2. The van der Waals surface area contributed by atoms with Gasteiger partial charge in [0, 0.05) is 24.0 Å². The number of carbonyl (C=O) groups is 4. The fraction of sp³-hybridized carbons (Fsp3) is 0.444. The number of benzene rings is 1. The highest BCUT2D eigenvalue weighted by atomic mass is 16.2. The smallest absolute Gasteiger partial charge is 0.220 e. The Morgan fingerprint density at radius 2 is 1.12 bits per heavy atom. The standard InChI is InChI=1S/C18H20N2O4/c21-15-5-1-3-13(19-15)17(23)11-7-9-12(10-8-11)18(24)14-4-2-6-16(22)20-14/h7-10,13-14H,1-6H2,(H,19,21)(H,20,22). The molecule has 3 rings (SSSR count). The van der Waals surface area contributed by atoms with Crippen LogP contribution in [0.15, 0.2) is 24.3 Å². The lowest BCUT2D eigenvalue weighted by atomic mass is 9.93. The minimum Gasteiger partial charge on any atom is -0.346 e. The Morgan fingerprint density at radius 1 is 0.750 bits per heavy atom. The zero-order chi connectivity index (χ0) is 17.1. The zero-order valence-corrected chi connectivity index (χ0v) is 13.3. The fourth-order valence-electron chi connectivity index (χ4n) is 3.21. The predicted molar refractivity (Wildman–Crippen MR) is 86.7 cm³/mol. The Morgan fingerprint density at radius 3 is 1.46 bits per heavy atom. The molecule has 2 aliphatic rings. The summed E-state index contributed by atoms with van der Waals surface area (Å²) in [6.07, 6.45) is 3.62. The van der Waals surface area contributed by atoms with Crippen molar-refractivity contribution in [2.45, 2.75) is 50.6 Å². The summed E-state index contributed by atoms with van der Waals surface area (Å²) in [5.41, 5.74) is 0.956. The van der Waals surface area contributed by atoms with Crippen molar-refractivity contribution in [2.24, 2.45) is 0 Å². The van der Waals surface area contributed by atoms with Gasteiger partial charge in [-0.05, 0) is 25.7 Å². The quantitative estimate of drug-likeness (QED) is 0.817. The van der Waals surface area contributed by atoms with Gasteiger partial charge in [-0.15, -0.1) is 0 Å². The minimum atomic E-state index is -0.481. The van der Waals surface area contributed by atoms with Gasteiger partial charge in [0.25, 0.3) is 0 Å². The lowest BCUT2D eigenvalue weighted by Crippen LogP contribution is -2.44. The molecule has 2 atom stereocenters. The van der Waals surface area contributed by atoms with E-state index in [0.29, 0.717) is 49.7 Å². The van der Waals surface area contributed by atoms with Crippen LogP contribution in [0.2, 0.25) is 0 Å². The normalized spacial score (nSPS) is 24.0. The number of hydrogen-bond donors (Lipinski definition) is 2. The van der Waals surface area contributed by atoms with Crippen molar-refractivity contribution in [1.82, 2.24) is 10.6 Å². The van der Waals surface area contributed by atoms with E-state index in [1.54, 1.807) is 24.3 Å². The highest BCUT2D eigenvalue weighted by molar-refractivity contribution is 6.05. The van der Waals surface area contributed by atoms with Gasteiger partial charge in [0.2, 0.25) is 11.8 Å². The molecule has 2 N–H and O–H groups in total. The van der Waals surface area contributed by atoms with Crippen LogP contribution in [0.3, 0.4) is 0 Å². The number of amides is 2. The molecular formula is C18H20N2O4. The van der Waals surface area contributed by atoms with Gasteiger partial charge in [0.15, 0.2) is 11.6 Å². The summed E-state index contributed by atoms with van der Waals surface area (Å²) in [5.74, 6) is -0.458. The molecule has 2 amide bonds. The van der Waals surface area contributed by atoms with Crippen LogP contribution >= 0.6 is 0 Å². The molecule has 0 bridgehead atoms. The number of piperidine rings is 2. The molecule has 126 valence electrons. The third kappa shape index (κ3) is 3.53. The second-order valence-corrected chi connectivity index (χ2v) is 6.33. The highest BCUT2D eigenvalue weighted by Gasteiger charge is 2.27. The first-order valence-electron chi connectivity index (χ1n) is 8.32. The number of nitrogens with one attached hydrogen (secondary N) is 2. The van der Waals surface area contributed by atoms with Gasteiger partial charge >= 0.3 is 0 Å². The van der Waals surface area contributed by atoms with Gasteiger partial charge in [-0.2, -0.15) is 0 Å². The van der Waals surface area contributed by atoms with Crippen molar-refractivity contribution >= 4 is 23.4 Å². The first-order valence-corrected chi connectivity index (χ1v) is 8.32. The Balaban J connectivity index is 1.68. The van der Waals surface area contributed by atoms with Gasteiger partial charge in [-0.3, -0.25) is 19.2 Å². The molecule has 24 heavy (non-hydrogen) atoms. The van der Waals surface area contributed by atoms with Crippen molar-refractivity contribution in [3.63, 3.8) is 0 Å². The average molecular weight is 328 g/mol. The summed E-state index contributed by atoms with van der Waals surface area (Å²) < 4.78 is 0. The number of rotatable bonds is 4. The summed E-state index contributed by atoms with van der Waals surface area (Å²) in [5, 5.41) is 5.41. The maximum Gasteiger partial charge on any atom is 0.220 e. The van der Waals surface area contributed by atoms with Crippen molar-refractivity contribution in [3.8, 4) is 0 Å². The van der Waals surface area contributed by atoms with E-state index >= 15 is 0 Å². The minimum absolute atomic E-state index is 0.0977. The Labute approximate surface area is 140 Å². The number of hydrogen-bond acceptors (Lipinski definition) is 4. The molecule has 1 aromatic rings. The van der Waals surface area contributed by atoms with Crippen molar-refractivity contribution < 1.29 is 19.2 Å². The monoisotopic (exact) mass is 328 g/mol. The van der Waals surface area contributed by atoms with Crippen LogP contribution in [0.1, 0.15) is 59.2 Å². The van der Waals surface area contributed by atoms with Crippen molar-refractivity contribution in [3.05, 3.63) is 35.4 Å². The van der Waals surface area contributed by atoms with Gasteiger partial charge in [0.1, 0.15) is 0 Å². The molecule has 0 aromatic heterocycles. The summed E-state index contributed by atoms with van der Waals surface area (Å²) in [4.78, 5) is 47.7. The average Bonchev–Trinajstić information content (AvgIpc) is 2.60. The van der Waals surface area contributed by atoms with Gasteiger partial charge in [-0.25, -0.2) is 0 Å². The third-order valence-corrected chi connectivity index (χ3v) is 4.55. The van der Waals surface area contributed by atoms with Crippen LogP contribution in [-0.2, 0) is 9.59 Å². The van der Waals surface area contributed by atoms with E-state index in [-0.39, 0.29) is 23.4 Å². The lowest BCUT2D eigenvalue weighted by Gasteiger charge is -2.23. The first-order chi connectivity index (χ1) is 11.5. The maximum absolute atomic E-state index is 12.4. The molecule has 2 aliphatic heterocycles. The van der Waals surface area contributed by atoms with Gasteiger partial charge in [0.05, 0.1) is 12.1 Å². The van der Waals surface area contributed by atoms with E-state index < -0.39 is 12.1 Å². The fourth-order valence-corrected chi connectivity index (χ4v) is 3.21. The van der Waals surface area contributed by atoms with E-state index in [1.165, 1.54) is 0 Å². The predicted octanol–water partition coefficient (Wildman–Crippen LogP) is 1.39. The number of carbonyl (C=O) groups excluding carboxylic acids is 4. The summed E-state index contributed by atoms with van der Waals surface area (Å²) in [6.45, 7) is 0. The van der Waals surface area contributed by atoms with Crippen LogP contribution in [0.4, 0.5) is 0 Å². The molecular weight excluding hydrogens is 308 g/mol. The Kier molecular flexibility index (Phi) is 4.74. The van der Waals surface area contributed by atoms with Crippen LogP contribution in [0.25, 0.3) is 0 Å². The topological polar surface area (TPSA) is 92.3 Å². The SMILES string of the molecule is O=C1CCCC(C(=O)c2ccc(C(=O)C3CCCC(=O)N3)cc2)N1. The zero-order valence-electron chi connectivity index (χ0n) is 13.3. The molecule has 0 radical (unpaired) electrons. The second-order valence-electron chi connectivity index (χ2n) is 6.33. The van der Waals surface area contributed by atoms with E-state index in [0.717, 1.165) is 0 Å². The van der Waals surface area contributed by atoms with Crippen LogP contribution in [0, 0.1) is 0 Å². The summed E-state index contributed by atoms with van der Waals surface area (Å²) >= 11 is 0. The molecule has 0 saturated carbocycles. The molecule has 6 heteroatoms. The van der Waals surface area contributed by atoms with Gasteiger partial charge < -0.3 is 10.6 Å². The van der Waals surface area contributed by atoms with Crippen LogP contribution < -0.4 is 10.6 Å². The maximum atomic E-state index is 12.4. The summed E-state index contributed by atoms with van der Waals surface area (Å²) in [7, 11) is 0. The molecule has 2 heterocycles. The molecule has 2 fully saturated rings. The molecule has 2 unspecified atom stereocenters. The highest BCUT2D eigenvalue weighted by Crippen LogP contribution is 2.17. The second kappa shape index (κ2) is 6.95. The van der Waals surface area contributed by atoms with Gasteiger partial charge in [-0.1, -0.05) is 24.3 Å². The largest absolute Gasteiger partial charge is 0.346 e. The lowest BCUT2D eigenvalue weighted by molar-refractivity contribution is -0.123. The molecule has 2 saturated heterocycles. The molecule has 0 spiro atoms. The van der Waals surface area contributed by atoms with E-state index in [4.69, 9.17) is 0 Å². The molecule has 1 aromatic carbocycles. The summed E-state index contributed by atoms with van der Waals surface area (Å²) in [6, 6.07) is 5.49. The first kappa shape index (κ1) is 16.4. The van der Waals surface area contributed by atoms with E-state index in [1.807, 2.05) is 0 Å². The van der Waals surface area contributed by atoms with E-state index in [9.17, 15) is 19.2 Å². The molecule has 0 aliphatic carbocycles. The third-order valence-electron chi connectivity index (χ3n) is 4.55. The molecule has 6 nitrogen and oxygen atoms in total. The van der Waals surface area contributed by atoms with Crippen molar-refractivity contribution in [1.29, 1.82) is 0 Å². The van der Waals surface area contributed by atoms with Crippen LogP contribution in [0.5, 0.6) is 0 Å². The van der Waals surface area contributed by atoms with Crippen LogP contribution in [-0.4, -0.2) is 35.5 Å². The number of ketones is 2.